The van der Waals surface area contributed by atoms with Gasteiger partial charge in [-0.25, -0.2) is 0 Å². The molecule has 0 bridgehead atoms. The first-order valence-corrected chi connectivity index (χ1v) is 5.78. The fraction of sp³-hybridized carbons (Fsp3) is 0.833. The molecule has 1 heterocycles. The van der Waals surface area contributed by atoms with Crippen LogP contribution < -0.4 is 0 Å². The van der Waals surface area contributed by atoms with Crippen LogP contribution >= 0.6 is 0 Å². The van der Waals surface area contributed by atoms with Crippen LogP contribution in [-0.2, 0) is 9.47 Å². The number of hydrogen-bond acceptors (Lipinski definition) is 2. The molecule has 3 atom stereocenters. The topological polar surface area (TPSA) is 18.5 Å². The molecule has 0 aromatic rings. The van der Waals surface area contributed by atoms with Crippen LogP contribution in [0.3, 0.4) is 0 Å². The largest absolute Gasteiger partial charge is 0.377 e. The highest BCUT2D eigenvalue weighted by molar-refractivity contribution is 5.33. The van der Waals surface area contributed by atoms with E-state index in [0.717, 1.165) is 6.61 Å². The third kappa shape index (κ3) is 1.10. The van der Waals surface area contributed by atoms with Crippen molar-refractivity contribution in [1.82, 2.24) is 0 Å². The molecule has 0 N–H and O–H groups in total. The van der Waals surface area contributed by atoms with E-state index in [0.29, 0.717) is 18.1 Å². The van der Waals surface area contributed by atoms with Gasteiger partial charge in [-0.2, -0.15) is 0 Å². The Morgan fingerprint density at radius 3 is 2.79 bits per heavy atom. The van der Waals surface area contributed by atoms with Crippen molar-refractivity contribution in [3.05, 3.63) is 11.1 Å². The van der Waals surface area contributed by atoms with Crippen LogP contribution in [0.4, 0.5) is 0 Å². The molecule has 3 aliphatic rings. The van der Waals surface area contributed by atoms with E-state index >= 15 is 0 Å². The van der Waals surface area contributed by atoms with Gasteiger partial charge in [0, 0.05) is 19.6 Å². The van der Waals surface area contributed by atoms with E-state index in [2.05, 4.69) is 0 Å². The predicted molar refractivity (Wildman–Crippen MR) is 54.1 cm³/mol. The molecule has 14 heavy (non-hydrogen) atoms. The van der Waals surface area contributed by atoms with Crippen LogP contribution in [-0.4, -0.2) is 25.9 Å². The highest BCUT2D eigenvalue weighted by atomic mass is 16.5. The van der Waals surface area contributed by atoms with Gasteiger partial charge in [0.15, 0.2) is 0 Å². The number of hydrogen-bond donors (Lipinski definition) is 0. The molecule has 1 fully saturated rings. The number of fused-ring (bicyclic) bond motifs is 2. The monoisotopic (exact) mass is 194 g/mol. The van der Waals surface area contributed by atoms with E-state index in [4.69, 9.17) is 9.47 Å². The van der Waals surface area contributed by atoms with Crippen LogP contribution in [0.25, 0.3) is 0 Å². The zero-order chi connectivity index (χ0) is 9.54. The molecular formula is C12H18O2. The zero-order valence-electron chi connectivity index (χ0n) is 8.79. The van der Waals surface area contributed by atoms with Crippen molar-refractivity contribution in [3.8, 4) is 0 Å². The summed E-state index contributed by atoms with van der Waals surface area (Å²) in [6.07, 6.45) is 7.21. The second kappa shape index (κ2) is 3.35. The summed E-state index contributed by atoms with van der Waals surface area (Å²) < 4.78 is 11.5. The molecule has 78 valence electrons. The first-order chi connectivity index (χ1) is 6.92. The summed E-state index contributed by atoms with van der Waals surface area (Å²) in [5.74, 6) is 0.642. The van der Waals surface area contributed by atoms with Crippen molar-refractivity contribution in [1.29, 1.82) is 0 Å². The summed E-state index contributed by atoms with van der Waals surface area (Å²) in [4.78, 5) is 0. The smallest absolute Gasteiger partial charge is 0.0845 e. The van der Waals surface area contributed by atoms with Crippen molar-refractivity contribution in [2.45, 2.75) is 44.3 Å². The third-order valence-electron chi connectivity index (χ3n) is 4.02. The maximum atomic E-state index is 5.84. The van der Waals surface area contributed by atoms with Crippen molar-refractivity contribution >= 4 is 0 Å². The summed E-state index contributed by atoms with van der Waals surface area (Å²) in [5.41, 5.74) is 3.19. The molecule has 1 aliphatic heterocycles. The molecular weight excluding hydrogens is 176 g/mol. The van der Waals surface area contributed by atoms with Gasteiger partial charge in [0.2, 0.25) is 0 Å². The lowest BCUT2D eigenvalue weighted by molar-refractivity contribution is 0.0600. The van der Waals surface area contributed by atoms with Crippen LogP contribution in [0.2, 0.25) is 0 Å². The lowest BCUT2D eigenvalue weighted by atomic mass is 9.92. The average Bonchev–Trinajstić information content (AvgIpc) is 2.77. The van der Waals surface area contributed by atoms with E-state index in [1.807, 2.05) is 7.11 Å². The summed E-state index contributed by atoms with van der Waals surface area (Å²) in [6, 6.07) is 0. The third-order valence-corrected chi connectivity index (χ3v) is 4.02. The average molecular weight is 194 g/mol. The van der Waals surface area contributed by atoms with Crippen LogP contribution in [0.1, 0.15) is 32.1 Å². The van der Waals surface area contributed by atoms with E-state index < -0.39 is 0 Å². The van der Waals surface area contributed by atoms with E-state index in [1.165, 1.54) is 32.1 Å². The van der Waals surface area contributed by atoms with Gasteiger partial charge in [-0.05, 0) is 43.3 Å². The minimum Gasteiger partial charge on any atom is -0.377 e. The molecule has 0 spiro atoms. The molecule has 0 radical (unpaired) electrons. The quantitative estimate of drug-likeness (QED) is 0.596. The Morgan fingerprint density at radius 1 is 1.21 bits per heavy atom. The Labute approximate surface area is 85.3 Å². The molecule has 1 saturated heterocycles. The Morgan fingerprint density at radius 2 is 2.00 bits per heavy atom. The molecule has 0 aromatic heterocycles. The molecule has 2 heteroatoms. The van der Waals surface area contributed by atoms with Crippen molar-refractivity contribution in [2.24, 2.45) is 5.92 Å². The minimum atomic E-state index is 0.387. The SMILES string of the molecule is CO[C@@H]1C2=C(CCCC2)[C@H]2OCC[C@@H]12. The van der Waals surface area contributed by atoms with Gasteiger partial charge in [-0.15, -0.1) is 0 Å². The molecule has 2 nitrogen and oxygen atoms in total. The van der Waals surface area contributed by atoms with Gasteiger partial charge in [0.05, 0.1) is 12.2 Å². The number of rotatable bonds is 1. The van der Waals surface area contributed by atoms with E-state index in [9.17, 15) is 0 Å². The standard InChI is InChI=1S/C12H18O2/c1-13-11-8-4-2-3-5-9(8)12-10(11)6-7-14-12/h10-12H,2-7H2,1H3/t10-,11+,12+/m0/s1. The number of methoxy groups -OCH3 is 1. The van der Waals surface area contributed by atoms with Crippen LogP contribution in [0.5, 0.6) is 0 Å². The maximum absolute atomic E-state index is 5.84. The number of ether oxygens (including phenoxy) is 2. The second-order valence-corrected chi connectivity index (χ2v) is 4.66. The lowest BCUT2D eigenvalue weighted by Gasteiger charge is -2.20. The second-order valence-electron chi connectivity index (χ2n) is 4.66. The predicted octanol–water partition coefficient (Wildman–Crippen LogP) is 2.29. The van der Waals surface area contributed by atoms with Gasteiger partial charge in [0.25, 0.3) is 0 Å². The zero-order valence-corrected chi connectivity index (χ0v) is 8.79. The van der Waals surface area contributed by atoms with E-state index in [-0.39, 0.29) is 0 Å². The van der Waals surface area contributed by atoms with Gasteiger partial charge < -0.3 is 9.47 Å². The Bertz CT molecular complexity index is 261. The van der Waals surface area contributed by atoms with Crippen molar-refractivity contribution < 1.29 is 9.47 Å². The summed E-state index contributed by atoms with van der Waals surface area (Å²) >= 11 is 0. The first-order valence-electron chi connectivity index (χ1n) is 5.78. The van der Waals surface area contributed by atoms with Gasteiger partial charge in [0.1, 0.15) is 0 Å². The molecule has 0 unspecified atom stereocenters. The van der Waals surface area contributed by atoms with Crippen molar-refractivity contribution in [3.63, 3.8) is 0 Å². The summed E-state index contributed by atoms with van der Waals surface area (Å²) in [6.45, 7) is 0.936. The Hall–Kier alpha value is -0.340. The minimum absolute atomic E-state index is 0.387. The highest BCUT2D eigenvalue weighted by Crippen LogP contribution is 2.47. The van der Waals surface area contributed by atoms with Crippen LogP contribution in [0.15, 0.2) is 11.1 Å². The fourth-order valence-corrected chi connectivity index (χ4v) is 3.45. The van der Waals surface area contributed by atoms with Crippen LogP contribution in [0, 0.1) is 5.92 Å². The lowest BCUT2D eigenvalue weighted by Crippen LogP contribution is -2.23. The molecule has 3 rings (SSSR count). The highest BCUT2D eigenvalue weighted by Gasteiger charge is 2.46. The normalized spacial score (nSPS) is 41.4. The first kappa shape index (κ1) is 8.93. The van der Waals surface area contributed by atoms with E-state index in [1.54, 1.807) is 11.1 Å². The van der Waals surface area contributed by atoms with Crippen molar-refractivity contribution in [2.75, 3.05) is 13.7 Å². The summed E-state index contributed by atoms with van der Waals surface area (Å²) in [7, 11) is 1.85. The fourth-order valence-electron chi connectivity index (χ4n) is 3.45. The molecule has 0 aromatic carbocycles. The van der Waals surface area contributed by atoms with Gasteiger partial charge in [-0.1, -0.05) is 0 Å². The Balaban J connectivity index is 1.95. The Kier molecular flexibility index (Phi) is 2.14. The summed E-state index contributed by atoms with van der Waals surface area (Å²) in [5, 5.41) is 0. The van der Waals surface area contributed by atoms with Gasteiger partial charge in [-0.3, -0.25) is 0 Å². The molecule has 0 amide bonds. The maximum Gasteiger partial charge on any atom is 0.0845 e. The molecule has 2 aliphatic carbocycles. The molecule has 0 saturated carbocycles. The van der Waals surface area contributed by atoms with Gasteiger partial charge >= 0.3 is 0 Å².